The van der Waals surface area contributed by atoms with Crippen molar-refractivity contribution in [2.45, 2.75) is 25.7 Å². The molecule has 6 nitrogen and oxygen atoms in total. The number of amides is 1. The van der Waals surface area contributed by atoms with Crippen LogP contribution in [0.25, 0.3) is 0 Å². The molecule has 1 aromatic rings. The SMILES string of the molecule is O=C(NCC1CCC(C(=O)O)CC1)c1cc(Cl)nnc1Cl. The molecule has 2 rings (SSSR count). The fraction of sp³-hybridized carbons (Fsp3) is 0.538. The molecular weight excluding hydrogens is 317 g/mol. The Kier molecular flexibility index (Phi) is 5.36. The quantitative estimate of drug-likeness (QED) is 0.883. The highest BCUT2D eigenvalue weighted by molar-refractivity contribution is 6.34. The fourth-order valence-electron chi connectivity index (χ4n) is 2.46. The Labute approximate surface area is 131 Å². The molecule has 0 atom stereocenters. The predicted molar refractivity (Wildman–Crippen MR) is 77.5 cm³/mol. The van der Waals surface area contributed by atoms with Crippen LogP contribution in [0.4, 0.5) is 0 Å². The minimum atomic E-state index is -0.734. The van der Waals surface area contributed by atoms with E-state index in [1.54, 1.807) is 0 Å². The van der Waals surface area contributed by atoms with E-state index in [0.29, 0.717) is 19.4 Å². The molecule has 0 unspecified atom stereocenters. The van der Waals surface area contributed by atoms with Gasteiger partial charge in [0.25, 0.3) is 5.91 Å². The standard InChI is InChI=1S/C13H15Cl2N3O3/c14-10-5-9(11(15)18-17-10)12(19)16-6-7-1-3-8(4-2-7)13(20)21/h5,7-8H,1-4,6H2,(H,16,19)(H,20,21). The van der Waals surface area contributed by atoms with Crippen LogP contribution in [0.2, 0.25) is 10.3 Å². The Morgan fingerprint density at radius 3 is 2.52 bits per heavy atom. The van der Waals surface area contributed by atoms with Gasteiger partial charge in [0.15, 0.2) is 10.3 Å². The molecule has 114 valence electrons. The second kappa shape index (κ2) is 7.04. The summed E-state index contributed by atoms with van der Waals surface area (Å²) < 4.78 is 0. The van der Waals surface area contributed by atoms with Crippen molar-refractivity contribution in [1.29, 1.82) is 0 Å². The number of nitrogens with zero attached hydrogens (tertiary/aromatic N) is 2. The lowest BCUT2D eigenvalue weighted by Crippen LogP contribution is -2.32. The first kappa shape index (κ1) is 16.0. The predicted octanol–water partition coefficient (Wildman–Crippen LogP) is 2.40. The van der Waals surface area contributed by atoms with Crippen LogP contribution in [-0.2, 0) is 4.79 Å². The summed E-state index contributed by atoms with van der Waals surface area (Å²) in [5.74, 6) is -1.05. The van der Waals surface area contributed by atoms with Crippen LogP contribution in [0.1, 0.15) is 36.0 Å². The molecule has 0 radical (unpaired) electrons. The number of carbonyl (C=O) groups is 2. The third-order valence-electron chi connectivity index (χ3n) is 3.71. The normalized spacial score (nSPS) is 21.8. The number of rotatable bonds is 4. The molecule has 1 saturated carbocycles. The fourth-order valence-corrected chi connectivity index (χ4v) is 2.78. The number of halogens is 2. The molecule has 0 saturated heterocycles. The largest absolute Gasteiger partial charge is 0.481 e. The van der Waals surface area contributed by atoms with E-state index in [2.05, 4.69) is 15.5 Å². The van der Waals surface area contributed by atoms with Crippen molar-refractivity contribution in [3.8, 4) is 0 Å². The van der Waals surface area contributed by atoms with Gasteiger partial charge in [0.2, 0.25) is 0 Å². The molecule has 1 aliphatic rings. The number of carbonyl (C=O) groups excluding carboxylic acids is 1. The zero-order valence-electron chi connectivity index (χ0n) is 11.2. The van der Waals surface area contributed by atoms with Crippen molar-refractivity contribution in [2.75, 3.05) is 6.54 Å². The van der Waals surface area contributed by atoms with Crippen LogP contribution in [0.5, 0.6) is 0 Å². The monoisotopic (exact) mass is 331 g/mol. The van der Waals surface area contributed by atoms with Crippen LogP contribution in [0.3, 0.4) is 0 Å². The summed E-state index contributed by atoms with van der Waals surface area (Å²) in [6, 6.07) is 1.37. The molecule has 1 heterocycles. The van der Waals surface area contributed by atoms with Crippen molar-refractivity contribution in [1.82, 2.24) is 15.5 Å². The van der Waals surface area contributed by atoms with E-state index < -0.39 is 5.97 Å². The molecule has 21 heavy (non-hydrogen) atoms. The third kappa shape index (κ3) is 4.28. The molecule has 1 amide bonds. The first-order chi connectivity index (χ1) is 9.97. The third-order valence-corrected chi connectivity index (χ3v) is 4.17. The zero-order valence-corrected chi connectivity index (χ0v) is 12.7. The minimum Gasteiger partial charge on any atom is -0.481 e. The summed E-state index contributed by atoms with van der Waals surface area (Å²) >= 11 is 11.5. The van der Waals surface area contributed by atoms with Gasteiger partial charge in [-0.15, -0.1) is 10.2 Å². The van der Waals surface area contributed by atoms with Gasteiger partial charge in [-0.05, 0) is 37.7 Å². The van der Waals surface area contributed by atoms with Gasteiger partial charge in [0.05, 0.1) is 11.5 Å². The van der Waals surface area contributed by atoms with E-state index in [1.165, 1.54) is 6.07 Å². The molecular formula is C13H15Cl2N3O3. The maximum atomic E-state index is 12.0. The van der Waals surface area contributed by atoms with E-state index >= 15 is 0 Å². The maximum Gasteiger partial charge on any atom is 0.306 e. The summed E-state index contributed by atoms with van der Waals surface area (Å²) in [5.41, 5.74) is 0.191. The van der Waals surface area contributed by atoms with E-state index in [-0.39, 0.29) is 33.6 Å². The van der Waals surface area contributed by atoms with Gasteiger partial charge in [0, 0.05) is 6.54 Å². The molecule has 1 aliphatic carbocycles. The highest BCUT2D eigenvalue weighted by Crippen LogP contribution is 2.28. The molecule has 2 N–H and O–H groups in total. The topological polar surface area (TPSA) is 92.2 Å². The average Bonchev–Trinajstić information content (AvgIpc) is 2.47. The van der Waals surface area contributed by atoms with E-state index in [1.807, 2.05) is 0 Å². The molecule has 1 fully saturated rings. The second-order valence-corrected chi connectivity index (χ2v) is 5.88. The molecule has 0 aliphatic heterocycles. The first-order valence-electron chi connectivity index (χ1n) is 6.67. The first-order valence-corrected chi connectivity index (χ1v) is 7.42. The van der Waals surface area contributed by atoms with Gasteiger partial charge < -0.3 is 10.4 Å². The van der Waals surface area contributed by atoms with Crippen LogP contribution in [0.15, 0.2) is 6.07 Å². The van der Waals surface area contributed by atoms with Crippen LogP contribution >= 0.6 is 23.2 Å². The van der Waals surface area contributed by atoms with Crippen LogP contribution < -0.4 is 5.32 Å². The highest BCUT2D eigenvalue weighted by atomic mass is 35.5. The molecule has 8 heteroatoms. The Bertz CT molecular complexity index is 545. The van der Waals surface area contributed by atoms with Gasteiger partial charge in [-0.3, -0.25) is 9.59 Å². The average molecular weight is 332 g/mol. The van der Waals surface area contributed by atoms with Crippen molar-refractivity contribution >= 4 is 35.1 Å². The highest BCUT2D eigenvalue weighted by Gasteiger charge is 2.26. The summed E-state index contributed by atoms with van der Waals surface area (Å²) in [7, 11) is 0. The number of hydrogen-bond donors (Lipinski definition) is 2. The minimum absolute atomic E-state index is 0.00600. The van der Waals surface area contributed by atoms with Gasteiger partial charge >= 0.3 is 5.97 Å². The zero-order chi connectivity index (χ0) is 15.4. The Morgan fingerprint density at radius 1 is 1.24 bits per heavy atom. The van der Waals surface area contributed by atoms with Crippen molar-refractivity contribution in [2.24, 2.45) is 11.8 Å². The molecule has 0 spiro atoms. The number of hydrogen-bond acceptors (Lipinski definition) is 4. The summed E-state index contributed by atoms with van der Waals surface area (Å²) in [4.78, 5) is 22.9. The second-order valence-electron chi connectivity index (χ2n) is 5.14. The van der Waals surface area contributed by atoms with Crippen molar-refractivity contribution in [3.05, 3.63) is 21.9 Å². The van der Waals surface area contributed by atoms with Gasteiger partial charge in [0.1, 0.15) is 0 Å². The van der Waals surface area contributed by atoms with Gasteiger partial charge in [-0.1, -0.05) is 23.2 Å². The molecule has 0 bridgehead atoms. The lowest BCUT2D eigenvalue weighted by molar-refractivity contribution is -0.143. The maximum absolute atomic E-state index is 12.0. The van der Waals surface area contributed by atoms with Gasteiger partial charge in [-0.2, -0.15) is 0 Å². The Balaban J connectivity index is 1.85. The van der Waals surface area contributed by atoms with E-state index in [0.717, 1.165) is 12.8 Å². The number of nitrogens with one attached hydrogen (secondary N) is 1. The molecule has 0 aromatic carbocycles. The van der Waals surface area contributed by atoms with Crippen molar-refractivity contribution in [3.63, 3.8) is 0 Å². The van der Waals surface area contributed by atoms with E-state index in [4.69, 9.17) is 28.3 Å². The number of carboxylic acid groups (broad SMARTS) is 1. The van der Waals surface area contributed by atoms with E-state index in [9.17, 15) is 9.59 Å². The van der Waals surface area contributed by atoms with Crippen LogP contribution in [0, 0.1) is 11.8 Å². The molecule has 1 aromatic heterocycles. The number of carboxylic acids is 1. The Hall–Kier alpha value is -1.40. The lowest BCUT2D eigenvalue weighted by Gasteiger charge is -2.26. The Morgan fingerprint density at radius 2 is 1.90 bits per heavy atom. The summed E-state index contributed by atoms with van der Waals surface area (Å²) in [5, 5.41) is 19.0. The van der Waals surface area contributed by atoms with Crippen LogP contribution in [-0.4, -0.2) is 33.7 Å². The smallest absolute Gasteiger partial charge is 0.306 e. The summed E-state index contributed by atoms with van der Waals surface area (Å²) in [6.07, 6.45) is 2.89. The van der Waals surface area contributed by atoms with Crippen molar-refractivity contribution < 1.29 is 14.7 Å². The van der Waals surface area contributed by atoms with Gasteiger partial charge in [-0.25, -0.2) is 0 Å². The number of aromatic nitrogens is 2. The number of aliphatic carboxylic acids is 1. The summed E-state index contributed by atoms with van der Waals surface area (Å²) in [6.45, 7) is 0.488. The lowest BCUT2D eigenvalue weighted by atomic mass is 9.82.